The van der Waals surface area contributed by atoms with E-state index in [4.69, 9.17) is 16.3 Å². The van der Waals surface area contributed by atoms with E-state index < -0.39 is 0 Å². The van der Waals surface area contributed by atoms with Gasteiger partial charge in [0.1, 0.15) is 5.75 Å². The van der Waals surface area contributed by atoms with Gasteiger partial charge in [0.2, 0.25) is 0 Å². The van der Waals surface area contributed by atoms with Crippen molar-refractivity contribution in [2.24, 2.45) is 7.05 Å². The minimum Gasteiger partial charge on any atom is -0.497 e. The van der Waals surface area contributed by atoms with Crippen LogP contribution in [0.4, 0.5) is 0 Å². The average molecular weight is 294 g/mol. The van der Waals surface area contributed by atoms with Crippen LogP contribution >= 0.6 is 11.6 Å². The predicted molar refractivity (Wildman–Crippen MR) is 81.3 cm³/mol. The zero-order valence-corrected chi connectivity index (χ0v) is 12.8. The lowest BCUT2D eigenvalue weighted by atomic mass is 10.1. The van der Waals surface area contributed by atoms with Crippen LogP contribution in [0.25, 0.3) is 0 Å². The highest BCUT2D eigenvalue weighted by Crippen LogP contribution is 2.27. The minimum atomic E-state index is 0.192. The monoisotopic (exact) mass is 293 g/mol. The molecule has 0 radical (unpaired) electrons. The topological polar surface area (TPSA) is 39.1 Å². The van der Waals surface area contributed by atoms with Crippen molar-refractivity contribution in [2.45, 2.75) is 19.4 Å². The number of aromatic nitrogens is 2. The van der Waals surface area contributed by atoms with Crippen LogP contribution in [0.3, 0.4) is 0 Å². The highest BCUT2D eigenvalue weighted by molar-refractivity contribution is 6.31. The largest absolute Gasteiger partial charge is 0.497 e. The molecule has 0 aliphatic heterocycles. The van der Waals surface area contributed by atoms with E-state index in [1.54, 1.807) is 7.11 Å². The lowest BCUT2D eigenvalue weighted by Gasteiger charge is -2.16. The number of imidazole rings is 1. The Balaban J connectivity index is 1.89. The molecule has 20 heavy (non-hydrogen) atoms. The Labute approximate surface area is 124 Å². The van der Waals surface area contributed by atoms with Gasteiger partial charge in [-0.25, -0.2) is 4.98 Å². The van der Waals surface area contributed by atoms with Crippen LogP contribution in [0.15, 0.2) is 30.7 Å². The van der Waals surface area contributed by atoms with Crippen LogP contribution in [0.2, 0.25) is 5.02 Å². The molecule has 0 saturated heterocycles. The van der Waals surface area contributed by atoms with E-state index in [0.29, 0.717) is 0 Å². The second kappa shape index (κ2) is 6.77. The highest BCUT2D eigenvalue weighted by Gasteiger charge is 2.10. The van der Waals surface area contributed by atoms with Gasteiger partial charge in [-0.3, -0.25) is 0 Å². The SMILES string of the molecule is COc1ccc(C(C)NCCc2cn(C)cn2)c(Cl)c1. The third kappa shape index (κ3) is 3.74. The van der Waals surface area contributed by atoms with Crippen molar-refractivity contribution < 1.29 is 4.74 Å². The first-order valence-corrected chi connectivity index (χ1v) is 7.01. The number of nitrogens with zero attached hydrogens (tertiary/aromatic N) is 2. The third-order valence-electron chi connectivity index (χ3n) is 3.26. The van der Waals surface area contributed by atoms with E-state index in [1.807, 2.05) is 42.3 Å². The van der Waals surface area contributed by atoms with E-state index in [2.05, 4.69) is 17.2 Å². The highest BCUT2D eigenvalue weighted by atomic mass is 35.5. The van der Waals surface area contributed by atoms with Crippen LogP contribution in [-0.2, 0) is 13.5 Å². The lowest BCUT2D eigenvalue weighted by molar-refractivity contribution is 0.414. The number of halogens is 1. The summed E-state index contributed by atoms with van der Waals surface area (Å²) in [6.07, 6.45) is 4.75. The van der Waals surface area contributed by atoms with E-state index in [-0.39, 0.29) is 6.04 Å². The maximum atomic E-state index is 6.27. The molecule has 1 heterocycles. The maximum Gasteiger partial charge on any atom is 0.120 e. The Morgan fingerprint density at radius 2 is 2.25 bits per heavy atom. The smallest absolute Gasteiger partial charge is 0.120 e. The molecule has 0 fully saturated rings. The van der Waals surface area contributed by atoms with Gasteiger partial charge in [0.15, 0.2) is 0 Å². The van der Waals surface area contributed by atoms with Crippen LogP contribution in [-0.4, -0.2) is 23.2 Å². The minimum absolute atomic E-state index is 0.192. The normalized spacial score (nSPS) is 12.4. The van der Waals surface area contributed by atoms with Crippen LogP contribution in [0.5, 0.6) is 5.75 Å². The van der Waals surface area contributed by atoms with Gasteiger partial charge in [0.05, 0.1) is 19.1 Å². The molecule has 5 heteroatoms. The molecule has 1 aromatic heterocycles. The third-order valence-corrected chi connectivity index (χ3v) is 3.59. The summed E-state index contributed by atoms with van der Waals surface area (Å²) in [6.45, 7) is 2.96. The number of ether oxygens (including phenoxy) is 1. The van der Waals surface area contributed by atoms with Crippen LogP contribution in [0.1, 0.15) is 24.2 Å². The first-order chi connectivity index (χ1) is 9.60. The summed E-state index contributed by atoms with van der Waals surface area (Å²) in [5.41, 5.74) is 2.17. The summed E-state index contributed by atoms with van der Waals surface area (Å²) in [4.78, 5) is 4.31. The lowest BCUT2D eigenvalue weighted by Crippen LogP contribution is -2.21. The first-order valence-electron chi connectivity index (χ1n) is 6.64. The molecular formula is C15H20ClN3O. The Morgan fingerprint density at radius 3 is 2.85 bits per heavy atom. The molecular weight excluding hydrogens is 274 g/mol. The molecule has 0 aliphatic rings. The molecule has 2 aromatic rings. The predicted octanol–water partition coefficient (Wildman–Crippen LogP) is 2.98. The fraction of sp³-hybridized carbons (Fsp3) is 0.400. The fourth-order valence-electron chi connectivity index (χ4n) is 2.11. The second-order valence-corrected chi connectivity index (χ2v) is 5.25. The molecule has 1 unspecified atom stereocenters. The summed E-state index contributed by atoms with van der Waals surface area (Å²) in [7, 11) is 3.61. The molecule has 1 N–H and O–H groups in total. The molecule has 0 spiro atoms. The van der Waals surface area contributed by atoms with E-state index in [1.165, 1.54) is 0 Å². The van der Waals surface area contributed by atoms with Crippen molar-refractivity contribution in [3.05, 3.63) is 47.0 Å². The fourth-order valence-corrected chi connectivity index (χ4v) is 2.44. The van der Waals surface area contributed by atoms with Crippen LogP contribution < -0.4 is 10.1 Å². The van der Waals surface area contributed by atoms with Gasteiger partial charge < -0.3 is 14.6 Å². The number of hydrogen-bond donors (Lipinski definition) is 1. The number of aryl methyl sites for hydroxylation is 1. The number of hydrogen-bond acceptors (Lipinski definition) is 3. The molecule has 108 valence electrons. The summed E-state index contributed by atoms with van der Waals surface area (Å²) in [5.74, 6) is 0.777. The number of methoxy groups -OCH3 is 1. The molecule has 1 aromatic carbocycles. The average Bonchev–Trinajstić information content (AvgIpc) is 2.84. The van der Waals surface area contributed by atoms with Crippen molar-refractivity contribution in [3.63, 3.8) is 0 Å². The quantitative estimate of drug-likeness (QED) is 0.890. The number of benzene rings is 1. The van der Waals surface area contributed by atoms with E-state index in [0.717, 1.165) is 35.0 Å². The molecule has 2 rings (SSSR count). The van der Waals surface area contributed by atoms with Crippen molar-refractivity contribution >= 4 is 11.6 Å². The molecule has 0 saturated carbocycles. The standard InChI is InChI=1S/C15H20ClN3O/c1-11(14-5-4-13(20-3)8-15(14)16)17-7-6-12-9-19(2)10-18-12/h4-5,8-11,17H,6-7H2,1-3H3. The van der Waals surface area contributed by atoms with Gasteiger partial charge in [0.25, 0.3) is 0 Å². The summed E-state index contributed by atoms with van der Waals surface area (Å²) in [6, 6.07) is 5.96. The van der Waals surface area contributed by atoms with Crippen molar-refractivity contribution in [3.8, 4) is 5.75 Å². The molecule has 0 bridgehead atoms. The Bertz CT molecular complexity index is 568. The Morgan fingerprint density at radius 1 is 1.45 bits per heavy atom. The first kappa shape index (κ1) is 14.9. The molecule has 0 amide bonds. The maximum absolute atomic E-state index is 6.27. The van der Waals surface area contributed by atoms with Gasteiger partial charge in [-0.15, -0.1) is 0 Å². The van der Waals surface area contributed by atoms with Gasteiger partial charge in [-0.1, -0.05) is 17.7 Å². The summed E-state index contributed by atoms with van der Waals surface area (Å²) in [5, 5.41) is 4.18. The van der Waals surface area contributed by atoms with Crippen molar-refractivity contribution in [1.29, 1.82) is 0 Å². The number of nitrogens with one attached hydrogen (secondary N) is 1. The van der Waals surface area contributed by atoms with E-state index in [9.17, 15) is 0 Å². The molecule has 0 aliphatic carbocycles. The van der Waals surface area contributed by atoms with Gasteiger partial charge in [-0.2, -0.15) is 0 Å². The second-order valence-electron chi connectivity index (χ2n) is 4.84. The Hall–Kier alpha value is -1.52. The van der Waals surface area contributed by atoms with Gasteiger partial charge in [-0.05, 0) is 24.6 Å². The van der Waals surface area contributed by atoms with Crippen molar-refractivity contribution in [2.75, 3.05) is 13.7 Å². The van der Waals surface area contributed by atoms with Gasteiger partial charge in [0, 0.05) is 37.3 Å². The van der Waals surface area contributed by atoms with Gasteiger partial charge >= 0.3 is 0 Å². The Kier molecular flexibility index (Phi) is 5.04. The zero-order valence-electron chi connectivity index (χ0n) is 12.1. The molecule has 1 atom stereocenters. The van der Waals surface area contributed by atoms with Crippen LogP contribution in [0, 0.1) is 0 Å². The van der Waals surface area contributed by atoms with E-state index >= 15 is 0 Å². The van der Waals surface area contributed by atoms with Crippen molar-refractivity contribution in [1.82, 2.24) is 14.9 Å². The number of rotatable bonds is 6. The molecule has 4 nitrogen and oxygen atoms in total. The zero-order chi connectivity index (χ0) is 14.5. The summed E-state index contributed by atoms with van der Waals surface area (Å²) >= 11 is 6.27. The summed E-state index contributed by atoms with van der Waals surface area (Å²) < 4.78 is 7.11.